The number of piperidine rings is 1. The average molecular weight is 627 g/mol. The normalized spacial score (nSPS) is 14.0. The van der Waals surface area contributed by atoms with Gasteiger partial charge >= 0.3 is 0 Å². The van der Waals surface area contributed by atoms with Gasteiger partial charge in [-0.05, 0) is 79.3 Å². The fraction of sp³-hybridized carbons (Fsp3) is 0.417. The van der Waals surface area contributed by atoms with E-state index in [-0.39, 0.29) is 43.1 Å². The smallest absolute Gasteiger partial charge is 0.244 e. The lowest BCUT2D eigenvalue weighted by Gasteiger charge is -2.42. The Morgan fingerprint density at radius 1 is 0.870 bits per heavy atom. The maximum absolute atomic E-state index is 14.4. The number of hydrogen-bond donors (Lipinski definition) is 3. The molecule has 0 saturated carbocycles. The third-order valence-electron chi connectivity index (χ3n) is 8.92. The van der Waals surface area contributed by atoms with Gasteiger partial charge in [-0.3, -0.25) is 19.2 Å². The molecule has 1 fully saturated rings. The SMILES string of the molecule is CCc1ccc(NC(=O)CN(Cc2ccccc2CNC)C(=O)C2(CC)CCN(C(C)=O)CC2)cc1CC(=O)Nc1ccccn1. The van der Waals surface area contributed by atoms with Crippen LogP contribution < -0.4 is 16.0 Å². The first-order valence-electron chi connectivity index (χ1n) is 16.1. The summed E-state index contributed by atoms with van der Waals surface area (Å²) in [5.74, 6) is -0.0969. The third-order valence-corrected chi connectivity index (χ3v) is 8.92. The molecule has 244 valence electrons. The van der Waals surface area contributed by atoms with Crippen molar-refractivity contribution in [3.63, 3.8) is 0 Å². The number of rotatable bonds is 13. The number of carbonyl (C=O) groups is 4. The van der Waals surface area contributed by atoms with E-state index in [1.54, 1.807) is 41.1 Å². The predicted octanol–water partition coefficient (Wildman–Crippen LogP) is 4.55. The molecule has 0 spiro atoms. The summed E-state index contributed by atoms with van der Waals surface area (Å²) in [5.41, 5.74) is 3.76. The van der Waals surface area contributed by atoms with E-state index < -0.39 is 5.41 Å². The van der Waals surface area contributed by atoms with Gasteiger partial charge in [0.2, 0.25) is 23.6 Å². The van der Waals surface area contributed by atoms with Crippen molar-refractivity contribution in [1.82, 2.24) is 20.1 Å². The predicted molar refractivity (Wildman–Crippen MR) is 180 cm³/mol. The highest BCUT2D eigenvalue weighted by Crippen LogP contribution is 2.37. The summed E-state index contributed by atoms with van der Waals surface area (Å²) in [6.07, 6.45) is 4.22. The largest absolute Gasteiger partial charge is 0.343 e. The van der Waals surface area contributed by atoms with E-state index in [2.05, 4.69) is 20.9 Å². The minimum atomic E-state index is -0.652. The summed E-state index contributed by atoms with van der Waals surface area (Å²) in [7, 11) is 1.88. The van der Waals surface area contributed by atoms with Gasteiger partial charge in [0.15, 0.2) is 0 Å². The minimum Gasteiger partial charge on any atom is -0.343 e. The Morgan fingerprint density at radius 2 is 1.59 bits per heavy atom. The summed E-state index contributed by atoms with van der Waals surface area (Å²) >= 11 is 0. The molecule has 0 atom stereocenters. The second-order valence-corrected chi connectivity index (χ2v) is 11.9. The van der Waals surface area contributed by atoms with E-state index in [0.717, 1.165) is 28.7 Å². The van der Waals surface area contributed by atoms with Crippen molar-refractivity contribution >= 4 is 35.1 Å². The average Bonchev–Trinajstić information content (AvgIpc) is 3.05. The quantitative estimate of drug-likeness (QED) is 0.256. The lowest BCUT2D eigenvalue weighted by atomic mass is 9.74. The van der Waals surface area contributed by atoms with Gasteiger partial charge in [0.1, 0.15) is 12.4 Å². The molecule has 4 amide bonds. The van der Waals surface area contributed by atoms with Crippen molar-refractivity contribution in [2.45, 2.75) is 66.0 Å². The Kier molecular flexibility index (Phi) is 12.0. The molecule has 10 nitrogen and oxygen atoms in total. The maximum atomic E-state index is 14.4. The van der Waals surface area contributed by atoms with E-state index in [0.29, 0.717) is 50.4 Å². The van der Waals surface area contributed by atoms with Crippen molar-refractivity contribution < 1.29 is 19.2 Å². The molecule has 10 heteroatoms. The molecule has 0 radical (unpaired) electrons. The zero-order valence-electron chi connectivity index (χ0n) is 27.4. The topological polar surface area (TPSA) is 124 Å². The fourth-order valence-corrected chi connectivity index (χ4v) is 6.17. The number of likely N-dealkylation sites (tertiary alicyclic amines) is 1. The van der Waals surface area contributed by atoms with Gasteiger partial charge in [-0.1, -0.05) is 50.2 Å². The summed E-state index contributed by atoms with van der Waals surface area (Å²) in [6.45, 7) is 7.42. The standard InChI is InChI=1S/C36H46N6O4/c1-5-27-14-15-31(21-30(27)22-33(44)40-32-13-9-10-18-38-32)39-34(45)25-42(24-29-12-8-7-11-28(29)23-37-4)35(46)36(6-2)16-19-41(20-17-36)26(3)43/h7-15,18,21,37H,5-6,16-17,19-20,22-25H2,1-4H3,(H,39,45)(H,38,40,44). The zero-order valence-corrected chi connectivity index (χ0v) is 27.4. The van der Waals surface area contributed by atoms with Crippen LogP contribution in [0.5, 0.6) is 0 Å². The highest BCUT2D eigenvalue weighted by molar-refractivity contribution is 5.96. The number of carbonyl (C=O) groups excluding carboxylic acids is 4. The van der Waals surface area contributed by atoms with E-state index in [1.165, 1.54) is 0 Å². The van der Waals surface area contributed by atoms with Crippen LogP contribution in [-0.2, 0) is 45.1 Å². The monoisotopic (exact) mass is 626 g/mol. The molecule has 0 bridgehead atoms. The zero-order chi connectivity index (χ0) is 33.1. The van der Waals surface area contributed by atoms with Crippen LogP contribution >= 0.6 is 0 Å². The number of pyridine rings is 1. The summed E-state index contributed by atoms with van der Waals surface area (Å²) < 4.78 is 0. The Morgan fingerprint density at radius 3 is 2.22 bits per heavy atom. The van der Waals surface area contributed by atoms with Crippen molar-refractivity contribution in [3.05, 3.63) is 89.1 Å². The number of anilines is 2. The van der Waals surface area contributed by atoms with Crippen molar-refractivity contribution in [3.8, 4) is 0 Å². The molecule has 3 N–H and O–H groups in total. The Labute approximate surface area is 272 Å². The van der Waals surface area contributed by atoms with E-state index in [9.17, 15) is 19.2 Å². The molecule has 1 aromatic heterocycles. The van der Waals surface area contributed by atoms with Crippen LogP contribution in [0.25, 0.3) is 0 Å². The first-order chi connectivity index (χ1) is 22.2. The summed E-state index contributed by atoms with van der Waals surface area (Å²) in [6, 6.07) is 18.8. The number of nitrogens with one attached hydrogen (secondary N) is 3. The van der Waals surface area contributed by atoms with Crippen LogP contribution in [0.2, 0.25) is 0 Å². The molecule has 2 aromatic carbocycles. The second-order valence-electron chi connectivity index (χ2n) is 11.9. The highest BCUT2D eigenvalue weighted by atomic mass is 16.2. The van der Waals surface area contributed by atoms with Crippen molar-refractivity contribution in [2.75, 3.05) is 37.3 Å². The van der Waals surface area contributed by atoms with Gasteiger partial charge in [0.05, 0.1) is 11.8 Å². The van der Waals surface area contributed by atoms with E-state index in [4.69, 9.17) is 0 Å². The van der Waals surface area contributed by atoms with Crippen LogP contribution in [0, 0.1) is 5.41 Å². The number of aromatic nitrogens is 1. The molecule has 1 aliphatic heterocycles. The molecule has 4 rings (SSSR count). The number of amides is 4. The van der Waals surface area contributed by atoms with Gasteiger partial charge in [-0.15, -0.1) is 0 Å². The first kappa shape index (κ1) is 34.3. The van der Waals surface area contributed by atoms with Crippen molar-refractivity contribution in [2.24, 2.45) is 5.41 Å². The molecule has 3 aromatic rings. The van der Waals surface area contributed by atoms with Gasteiger partial charge < -0.3 is 25.8 Å². The number of nitrogens with zero attached hydrogens (tertiary/aromatic N) is 3. The molecule has 1 aliphatic rings. The maximum Gasteiger partial charge on any atom is 0.244 e. The van der Waals surface area contributed by atoms with Gasteiger partial charge in [-0.25, -0.2) is 4.98 Å². The summed E-state index contributed by atoms with van der Waals surface area (Å²) in [5, 5.41) is 8.99. The Hall–Kier alpha value is -4.57. The molecular formula is C36H46N6O4. The van der Waals surface area contributed by atoms with E-state index in [1.807, 2.05) is 63.4 Å². The number of hydrogen-bond acceptors (Lipinski definition) is 6. The summed E-state index contributed by atoms with van der Waals surface area (Å²) in [4.78, 5) is 60.4. The lowest BCUT2D eigenvalue weighted by molar-refractivity contribution is -0.150. The van der Waals surface area contributed by atoms with Crippen LogP contribution in [0.15, 0.2) is 66.9 Å². The molecule has 2 heterocycles. The van der Waals surface area contributed by atoms with Gasteiger partial charge in [0, 0.05) is 45.0 Å². The molecular weight excluding hydrogens is 580 g/mol. The van der Waals surface area contributed by atoms with Gasteiger partial charge in [0.25, 0.3) is 0 Å². The van der Waals surface area contributed by atoms with E-state index >= 15 is 0 Å². The fourth-order valence-electron chi connectivity index (χ4n) is 6.17. The second kappa shape index (κ2) is 16.1. The van der Waals surface area contributed by atoms with Crippen molar-refractivity contribution in [1.29, 1.82) is 0 Å². The Balaban J connectivity index is 1.54. The first-order valence-corrected chi connectivity index (χ1v) is 16.1. The molecule has 0 aliphatic carbocycles. The number of aryl methyl sites for hydroxylation is 1. The van der Waals surface area contributed by atoms with Crippen LogP contribution in [0.4, 0.5) is 11.5 Å². The number of benzene rings is 2. The lowest BCUT2D eigenvalue weighted by Crippen LogP contribution is -2.52. The Bertz CT molecular complexity index is 1520. The van der Waals surface area contributed by atoms with Crippen LogP contribution in [0.3, 0.4) is 0 Å². The van der Waals surface area contributed by atoms with Crippen LogP contribution in [0.1, 0.15) is 62.3 Å². The molecule has 46 heavy (non-hydrogen) atoms. The molecule has 1 saturated heterocycles. The van der Waals surface area contributed by atoms with Gasteiger partial charge in [-0.2, -0.15) is 0 Å². The highest BCUT2D eigenvalue weighted by Gasteiger charge is 2.43. The minimum absolute atomic E-state index is 0.0112. The molecule has 0 unspecified atom stereocenters. The third kappa shape index (κ3) is 8.78. The van der Waals surface area contributed by atoms with Crippen LogP contribution in [-0.4, -0.2) is 65.1 Å².